The van der Waals surface area contributed by atoms with Gasteiger partial charge in [-0.15, -0.1) is 16.8 Å². The molecule has 1 aliphatic heterocycles. The highest BCUT2D eigenvalue weighted by Gasteiger charge is 2.23. The maximum Gasteiger partial charge on any atom is 0.192 e. The zero-order valence-corrected chi connectivity index (χ0v) is 17.8. The number of thioether (sulfide) groups is 1. The molecular weight excluding hydrogens is 386 g/mol. The second-order valence-corrected chi connectivity index (χ2v) is 7.96. The van der Waals surface area contributed by atoms with Crippen LogP contribution in [0, 0.1) is 6.92 Å². The van der Waals surface area contributed by atoms with E-state index in [0.29, 0.717) is 18.9 Å². The van der Waals surface area contributed by atoms with Crippen LogP contribution in [0.4, 0.5) is 0 Å². The molecule has 2 aromatic heterocycles. The summed E-state index contributed by atoms with van der Waals surface area (Å²) >= 11 is 1.63. The Labute approximate surface area is 174 Å². The number of rotatable bonds is 8. The molecule has 0 saturated carbocycles. The quantitative estimate of drug-likeness (QED) is 0.382. The Morgan fingerprint density at radius 3 is 2.97 bits per heavy atom. The summed E-state index contributed by atoms with van der Waals surface area (Å²) in [6.45, 7) is 11.1. The first-order chi connectivity index (χ1) is 14.1. The Kier molecular flexibility index (Phi) is 5.67. The van der Waals surface area contributed by atoms with Gasteiger partial charge in [-0.1, -0.05) is 17.8 Å². The molecule has 1 atom stereocenters. The van der Waals surface area contributed by atoms with Gasteiger partial charge in [-0.3, -0.25) is 4.57 Å². The van der Waals surface area contributed by atoms with E-state index >= 15 is 0 Å². The van der Waals surface area contributed by atoms with Crippen molar-refractivity contribution in [1.82, 2.24) is 14.8 Å². The fourth-order valence-corrected chi connectivity index (χ4v) is 4.46. The van der Waals surface area contributed by atoms with Crippen molar-refractivity contribution < 1.29 is 13.9 Å². The lowest BCUT2D eigenvalue weighted by Crippen LogP contribution is -2.05. The topological polar surface area (TPSA) is 62.3 Å². The van der Waals surface area contributed by atoms with Gasteiger partial charge in [-0.25, -0.2) is 0 Å². The van der Waals surface area contributed by atoms with E-state index in [1.165, 1.54) is 5.56 Å². The van der Waals surface area contributed by atoms with E-state index in [4.69, 9.17) is 13.9 Å². The summed E-state index contributed by atoms with van der Waals surface area (Å²) in [5, 5.41) is 9.66. The zero-order valence-electron chi connectivity index (χ0n) is 17.0. The predicted molar refractivity (Wildman–Crippen MR) is 114 cm³/mol. The molecule has 1 aromatic carbocycles. The van der Waals surface area contributed by atoms with Gasteiger partial charge in [-0.2, -0.15) is 0 Å². The maximum atomic E-state index is 5.94. The number of hydrogen-bond donors (Lipinski definition) is 0. The molecule has 0 bridgehead atoms. The van der Waals surface area contributed by atoms with Crippen LogP contribution in [-0.2, 0) is 18.7 Å². The molecular formula is C22H25N3O3S. The van der Waals surface area contributed by atoms with Crippen LogP contribution in [0.3, 0.4) is 0 Å². The third-order valence-corrected chi connectivity index (χ3v) is 5.88. The molecule has 0 spiro atoms. The van der Waals surface area contributed by atoms with Crippen molar-refractivity contribution in [2.24, 2.45) is 0 Å². The van der Waals surface area contributed by atoms with E-state index in [-0.39, 0.29) is 6.10 Å². The smallest absolute Gasteiger partial charge is 0.192 e. The van der Waals surface area contributed by atoms with Crippen LogP contribution >= 0.6 is 11.8 Å². The second-order valence-electron chi connectivity index (χ2n) is 7.02. The van der Waals surface area contributed by atoms with Gasteiger partial charge in [0.25, 0.3) is 0 Å². The van der Waals surface area contributed by atoms with E-state index in [0.717, 1.165) is 45.8 Å². The van der Waals surface area contributed by atoms with Gasteiger partial charge in [0.2, 0.25) is 0 Å². The number of furan rings is 1. The number of aryl methyl sites for hydroxylation is 1. The number of benzene rings is 1. The van der Waals surface area contributed by atoms with Crippen molar-refractivity contribution in [2.75, 3.05) is 6.61 Å². The highest BCUT2D eigenvalue weighted by atomic mass is 32.2. The van der Waals surface area contributed by atoms with Gasteiger partial charge >= 0.3 is 0 Å². The molecule has 7 heteroatoms. The van der Waals surface area contributed by atoms with Crippen molar-refractivity contribution >= 4 is 11.8 Å². The molecule has 0 fully saturated rings. The third kappa shape index (κ3) is 3.92. The zero-order chi connectivity index (χ0) is 20.4. The first kappa shape index (κ1) is 19.6. The molecule has 152 valence electrons. The monoisotopic (exact) mass is 411 g/mol. The summed E-state index contributed by atoms with van der Waals surface area (Å²) in [4.78, 5) is 0. The molecule has 3 heterocycles. The van der Waals surface area contributed by atoms with E-state index in [9.17, 15) is 0 Å². The molecule has 0 radical (unpaired) electrons. The number of nitrogens with zero attached hydrogens (tertiary/aromatic N) is 3. The molecule has 0 amide bonds. The van der Waals surface area contributed by atoms with E-state index < -0.39 is 0 Å². The standard InChI is InChI=1S/C22H25N3O3S/c1-5-8-25-21(18-7-9-27-15(18)4)23-24-22(25)29-13-17-12-20-16(10-14(3)28-20)11-19(17)26-6-2/h5,7,9,11-12,14H,1,6,8,10,13H2,2-4H3. The summed E-state index contributed by atoms with van der Waals surface area (Å²) < 4.78 is 19.3. The van der Waals surface area contributed by atoms with Gasteiger partial charge in [0.15, 0.2) is 11.0 Å². The van der Waals surface area contributed by atoms with Gasteiger partial charge in [0.1, 0.15) is 23.4 Å². The second kappa shape index (κ2) is 8.37. The average Bonchev–Trinajstić information content (AvgIpc) is 3.38. The van der Waals surface area contributed by atoms with Crippen LogP contribution in [0.15, 0.2) is 46.7 Å². The number of ether oxygens (including phenoxy) is 2. The Balaban J connectivity index is 1.61. The van der Waals surface area contributed by atoms with E-state index in [1.807, 2.05) is 26.0 Å². The number of allylic oxidation sites excluding steroid dienone is 1. The van der Waals surface area contributed by atoms with Gasteiger partial charge in [0.05, 0.1) is 18.4 Å². The Morgan fingerprint density at radius 1 is 1.38 bits per heavy atom. The molecule has 6 nitrogen and oxygen atoms in total. The van der Waals surface area contributed by atoms with Crippen LogP contribution in [0.25, 0.3) is 11.4 Å². The lowest BCUT2D eigenvalue weighted by Gasteiger charge is -2.13. The van der Waals surface area contributed by atoms with Crippen LogP contribution in [0.5, 0.6) is 11.5 Å². The summed E-state index contributed by atoms with van der Waals surface area (Å²) in [7, 11) is 0. The van der Waals surface area contributed by atoms with E-state index in [2.05, 4.69) is 40.4 Å². The summed E-state index contributed by atoms with van der Waals surface area (Å²) in [5.41, 5.74) is 3.25. The molecule has 29 heavy (non-hydrogen) atoms. The Hall–Kier alpha value is -2.67. The minimum absolute atomic E-state index is 0.207. The molecule has 4 rings (SSSR count). The normalized spacial score (nSPS) is 15.2. The molecule has 1 aliphatic rings. The van der Waals surface area contributed by atoms with Crippen LogP contribution in [-0.4, -0.2) is 27.5 Å². The highest BCUT2D eigenvalue weighted by Crippen LogP contribution is 2.38. The lowest BCUT2D eigenvalue weighted by atomic mass is 10.1. The van der Waals surface area contributed by atoms with Crippen LogP contribution in [0.1, 0.15) is 30.7 Å². The van der Waals surface area contributed by atoms with Crippen molar-refractivity contribution in [3.8, 4) is 22.9 Å². The van der Waals surface area contributed by atoms with Crippen molar-refractivity contribution in [1.29, 1.82) is 0 Å². The molecule has 0 N–H and O–H groups in total. The SMILES string of the molecule is C=CCn1c(SCc2cc3c(cc2OCC)CC(C)O3)nnc1-c1ccoc1C. The first-order valence-corrected chi connectivity index (χ1v) is 10.8. The number of fused-ring (bicyclic) bond motifs is 1. The summed E-state index contributed by atoms with van der Waals surface area (Å²) in [5.74, 6) is 4.19. The van der Waals surface area contributed by atoms with Gasteiger partial charge in [0, 0.05) is 29.8 Å². The van der Waals surface area contributed by atoms with Crippen molar-refractivity contribution in [2.45, 2.75) is 50.8 Å². The minimum Gasteiger partial charge on any atom is -0.494 e. The largest absolute Gasteiger partial charge is 0.494 e. The Bertz CT molecular complexity index is 1020. The predicted octanol–water partition coefficient (Wildman–Crippen LogP) is 5.05. The van der Waals surface area contributed by atoms with Crippen molar-refractivity contribution in [3.05, 3.63) is 54.0 Å². The molecule has 1 unspecified atom stereocenters. The molecule has 0 aliphatic carbocycles. The molecule has 0 saturated heterocycles. The van der Waals surface area contributed by atoms with Crippen molar-refractivity contribution in [3.63, 3.8) is 0 Å². The van der Waals surface area contributed by atoms with Crippen LogP contribution in [0.2, 0.25) is 0 Å². The molecule has 3 aromatic rings. The van der Waals surface area contributed by atoms with E-state index in [1.54, 1.807) is 18.0 Å². The maximum absolute atomic E-state index is 5.94. The Morgan fingerprint density at radius 2 is 2.24 bits per heavy atom. The minimum atomic E-state index is 0.207. The highest BCUT2D eigenvalue weighted by molar-refractivity contribution is 7.98. The number of aromatic nitrogens is 3. The number of hydrogen-bond acceptors (Lipinski definition) is 6. The summed E-state index contributed by atoms with van der Waals surface area (Å²) in [6.07, 6.45) is 4.65. The van der Waals surface area contributed by atoms with Crippen LogP contribution < -0.4 is 9.47 Å². The third-order valence-electron chi connectivity index (χ3n) is 4.86. The summed E-state index contributed by atoms with van der Waals surface area (Å²) in [6, 6.07) is 6.14. The average molecular weight is 412 g/mol. The van der Waals surface area contributed by atoms with Gasteiger partial charge in [-0.05, 0) is 39.0 Å². The van der Waals surface area contributed by atoms with Gasteiger partial charge < -0.3 is 13.9 Å². The fraction of sp³-hybridized carbons (Fsp3) is 0.364. The fourth-order valence-electron chi connectivity index (χ4n) is 3.53. The lowest BCUT2D eigenvalue weighted by molar-refractivity contribution is 0.254. The first-order valence-electron chi connectivity index (χ1n) is 9.77.